The Bertz CT molecular complexity index is 370. The lowest BCUT2D eigenvalue weighted by molar-refractivity contribution is -0.165. The first-order valence-corrected chi connectivity index (χ1v) is 9.42. The minimum absolute atomic E-state index is 0.590. The van der Waals surface area contributed by atoms with Crippen LogP contribution in [0, 0.1) is 40.4 Å². The van der Waals surface area contributed by atoms with E-state index in [1.54, 1.807) is 32.1 Å². The van der Waals surface area contributed by atoms with Gasteiger partial charge in [-0.2, -0.15) is 0 Å². The molecule has 112 valence electrons. The molecule has 4 bridgehead atoms. The summed E-state index contributed by atoms with van der Waals surface area (Å²) in [7, 11) is 0. The van der Waals surface area contributed by atoms with Gasteiger partial charge in [-0.05, 0) is 105 Å². The topological polar surface area (TPSA) is 26.0 Å². The van der Waals surface area contributed by atoms with Crippen LogP contribution in [0.4, 0.5) is 0 Å². The van der Waals surface area contributed by atoms with Crippen LogP contribution in [0.3, 0.4) is 0 Å². The van der Waals surface area contributed by atoms with Gasteiger partial charge in [-0.25, -0.2) is 0 Å². The Balaban J connectivity index is 1.41. The predicted octanol–water partition coefficient (Wildman–Crippen LogP) is 4.36. The van der Waals surface area contributed by atoms with Gasteiger partial charge in [0, 0.05) is 0 Å². The Hall–Kier alpha value is -0.0400. The summed E-state index contributed by atoms with van der Waals surface area (Å²) in [4.78, 5) is 0. The van der Waals surface area contributed by atoms with E-state index in [4.69, 9.17) is 5.73 Å². The van der Waals surface area contributed by atoms with E-state index in [9.17, 15) is 0 Å². The lowest BCUT2D eigenvalue weighted by atomic mass is 9.39. The summed E-state index contributed by atoms with van der Waals surface area (Å²) in [6, 6.07) is 0. The van der Waals surface area contributed by atoms with Crippen molar-refractivity contribution in [2.24, 2.45) is 46.2 Å². The summed E-state index contributed by atoms with van der Waals surface area (Å²) in [5, 5.41) is 0. The van der Waals surface area contributed by atoms with Gasteiger partial charge in [0.15, 0.2) is 0 Å². The molecule has 0 heterocycles. The molecular weight excluding hydrogens is 242 g/mol. The van der Waals surface area contributed by atoms with Crippen LogP contribution in [0.5, 0.6) is 0 Å². The molecule has 20 heavy (non-hydrogen) atoms. The van der Waals surface area contributed by atoms with Crippen molar-refractivity contribution < 1.29 is 0 Å². The highest BCUT2D eigenvalue weighted by Crippen LogP contribution is 2.71. The maximum absolute atomic E-state index is 6.40. The van der Waals surface area contributed by atoms with Gasteiger partial charge in [0.2, 0.25) is 0 Å². The van der Waals surface area contributed by atoms with Crippen molar-refractivity contribution in [3.63, 3.8) is 0 Å². The molecule has 6 aliphatic rings. The van der Waals surface area contributed by atoms with Crippen LogP contribution >= 0.6 is 0 Å². The van der Waals surface area contributed by atoms with E-state index in [0.717, 1.165) is 41.5 Å². The summed E-state index contributed by atoms with van der Waals surface area (Å²) in [6.07, 6.45) is 17.0. The van der Waals surface area contributed by atoms with E-state index >= 15 is 0 Å². The van der Waals surface area contributed by atoms with Crippen LogP contribution in [-0.4, -0.2) is 6.54 Å². The maximum Gasteiger partial charge on any atom is -0.00173 e. The maximum atomic E-state index is 6.40. The van der Waals surface area contributed by atoms with Crippen LogP contribution in [0.25, 0.3) is 0 Å². The van der Waals surface area contributed by atoms with Gasteiger partial charge < -0.3 is 5.73 Å². The Morgan fingerprint density at radius 3 is 1.85 bits per heavy atom. The Labute approximate surface area is 124 Å². The zero-order valence-electron chi connectivity index (χ0n) is 12.9. The highest BCUT2D eigenvalue weighted by atomic mass is 14.7. The third kappa shape index (κ3) is 1.54. The van der Waals surface area contributed by atoms with Gasteiger partial charge >= 0.3 is 0 Å². The molecule has 0 aromatic carbocycles. The molecular formula is C19H31N. The zero-order valence-corrected chi connectivity index (χ0v) is 12.9. The van der Waals surface area contributed by atoms with Crippen LogP contribution in [0.1, 0.15) is 70.6 Å². The van der Waals surface area contributed by atoms with Crippen LogP contribution in [0.2, 0.25) is 0 Å². The molecule has 0 aliphatic heterocycles. The average molecular weight is 273 g/mol. The highest BCUT2D eigenvalue weighted by molar-refractivity contribution is 5.13. The molecule has 0 unspecified atom stereocenters. The molecule has 0 radical (unpaired) electrons. The summed E-state index contributed by atoms with van der Waals surface area (Å²) < 4.78 is 0. The van der Waals surface area contributed by atoms with E-state index in [0.29, 0.717) is 5.41 Å². The van der Waals surface area contributed by atoms with Crippen molar-refractivity contribution in [2.75, 3.05) is 6.54 Å². The number of rotatable bonds is 2. The van der Waals surface area contributed by atoms with E-state index in [1.165, 1.54) is 38.5 Å². The van der Waals surface area contributed by atoms with Crippen LogP contribution in [-0.2, 0) is 0 Å². The van der Waals surface area contributed by atoms with E-state index < -0.39 is 0 Å². The first-order chi connectivity index (χ1) is 9.72. The van der Waals surface area contributed by atoms with Crippen molar-refractivity contribution in [1.82, 2.24) is 0 Å². The Morgan fingerprint density at radius 1 is 0.800 bits per heavy atom. The lowest BCUT2D eigenvalue weighted by Crippen LogP contribution is -2.61. The molecule has 1 spiro atoms. The quantitative estimate of drug-likeness (QED) is 0.795. The van der Waals surface area contributed by atoms with Crippen molar-refractivity contribution >= 4 is 0 Å². The minimum Gasteiger partial charge on any atom is -0.330 e. The number of nitrogens with two attached hydrogens (primary N) is 1. The second-order valence-electron chi connectivity index (χ2n) is 9.58. The smallest absolute Gasteiger partial charge is 0.00173 e. The second kappa shape index (κ2) is 4.03. The fourth-order valence-corrected chi connectivity index (χ4v) is 8.36. The van der Waals surface area contributed by atoms with Gasteiger partial charge in [0.25, 0.3) is 0 Å². The van der Waals surface area contributed by atoms with E-state index in [-0.39, 0.29) is 0 Å². The zero-order chi connectivity index (χ0) is 13.4. The normalized spacial score (nSPS) is 50.5. The molecule has 0 aromatic heterocycles. The van der Waals surface area contributed by atoms with Gasteiger partial charge in [0.05, 0.1) is 0 Å². The first kappa shape index (κ1) is 12.5. The lowest BCUT2D eigenvalue weighted by Gasteiger charge is -2.66. The third-order valence-corrected chi connectivity index (χ3v) is 8.46. The summed E-state index contributed by atoms with van der Waals surface area (Å²) >= 11 is 0. The van der Waals surface area contributed by atoms with Gasteiger partial charge in [-0.15, -0.1) is 0 Å². The molecule has 0 atom stereocenters. The van der Waals surface area contributed by atoms with Crippen molar-refractivity contribution in [2.45, 2.75) is 70.6 Å². The highest BCUT2D eigenvalue weighted by Gasteiger charge is 2.63. The fraction of sp³-hybridized carbons (Fsp3) is 1.00. The fourth-order valence-electron chi connectivity index (χ4n) is 8.36. The largest absolute Gasteiger partial charge is 0.330 e. The average Bonchev–Trinajstić information content (AvgIpc) is 2.85. The SMILES string of the molecule is NCC1(C2C3CC4CC(C3)CC2C4)CC2(CCCC2)C1. The van der Waals surface area contributed by atoms with Gasteiger partial charge in [0.1, 0.15) is 0 Å². The minimum atomic E-state index is 0.590. The molecule has 2 N–H and O–H groups in total. The Morgan fingerprint density at radius 2 is 1.35 bits per heavy atom. The summed E-state index contributed by atoms with van der Waals surface area (Å²) in [5.41, 5.74) is 7.76. The molecule has 6 aliphatic carbocycles. The molecule has 6 saturated carbocycles. The van der Waals surface area contributed by atoms with E-state index in [2.05, 4.69) is 0 Å². The van der Waals surface area contributed by atoms with Gasteiger partial charge in [-0.3, -0.25) is 0 Å². The standard InChI is InChI=1S/C19H31N/c20-12-19(10-18(11-19)3-1-2-4-18)17-15-6-13-5-14(8-15)9-16(17)7-13/h13-17H,1-12,20H2. The number of hydrogen-bond donors (Lipinski definition) is 1. The molecule has 6 fully saturated rings. The Kier molecular flexibility index (Phi) is 2.52. The van der Waals surface area contributed by atoms with Crippen molar-refractivity contribution in [3.05, 3.63) is 0 Å². The molecule has 1 nitrogen and oxygen atoms in total. The molecule has 0 aromatic rings. The van der Waals surface area contributed by atoms with Crippen molar-refractivity contribution in [1.29, 1.82) is 0 Å². The van der Waals surface area contributed by atoms with Crippen LogP contribution < -0.4 is 5.73 Å². The van der Waals surface area contributed by atoms with E-state index in [1.807, 2.05) is 0 Å². The molecule has 0 saturated heterocycles. The molecule has 6 rings (SSSR count). The number of hydrogen-bond acceptors (Lipinski definition) is 1. The predicted molar refractivity (Wildman–Crippen MR) is 82.2 cm³/mol. The van der Waals surface area contributed by atoms with Crippen LogP contribution in [0.15, 0.2) is 0 Å². The molecule has 1 heteroatoms. The first-order valence-electron chi connectivity index (χ1n) is 9.42. The second-order valence-corrected chi connectivity index (χ2v) is 9.58. The van der Waals surface area contributed by atoms with Crippen molar-refractivity contribution in [3.8, 4) is 0 Å². The van der Waals surface area contributed by atoms with Gasteiger partial charge in [-0.1, -0.05) is 12.8 Å². The summed E-state index contributed by atoms with van der Waals surface area (Å²) in [6.45, 7) is 1.00. The monoisotopic (exact) mass is 273 g/mol. The summed E-state index contributed by atoms with van der Waals surface area (Å²) in [5.74, 6) is 5.42. The third-order valence-electron chi connectivity index (χ3n) is 8.46. The molecule has 0 amide bonds.